The van der Waals surface area contributed by atoms with E-state index in [2.05, 4.69) is 10.3 Å². The largest absolute Gasteiger partial charge is 0.450 e. The highest BCUT2D eigenvalue weighted by atomic mass is 16.5. The second kappa shape index (κ2) is 4.00. The average Bonchev–Trinajstić information content (AvgIpc) is 2.62. The van der Waals surface area contributed by atoms with E-state index >= 15 is 0 Å². The fourth-order valence-corrected chi connectivity index (χ4v) is 1.29. The van der Waals surface area contributed by atoms with Gasteiger partial charge in [-0.3, -0.25) is 9.72 Å². The van der Waals surface area contributed by atoms with Crippen molar-refractivity contribution >= 4 is 17.6 Å². The van der Waals surface area contributed by atoms with Gasteiger partial charge in [0.15, 0.2) is 0 Å². The monoisotopic (exact) mass is 205 g/mol. The lowest BCUT2D eigenvalue weighted by atomic mass is 10.4. The Morgan fingerprint density at radius 3 is 3.27 bits per heavy atom. The Labute approximate surface area is 86.7 Å². The van der Waals surface area contributed by atoms with Gasteiger partial charge in [-0.1, -0.05) is 6.07 Å². The molecule has 0 aromatic carbocycles. The number of anilines is 1. The molecule has 0 spiro atoms. The van der Waals surface area contributed by atoms with Crippen LogP contribution in [0.1, 0.15) is 6.92 Å². The first-order chi connectivity index (χ1) is 7.31. The van der Waals surface area contributed by atoms with E-state index in [4.69, 9.17) is 4.74 Å². The SMILES string of the molecule is CCOC(=O)Nc1ncc2ccccn12. The van der Waals surface area contributed by atoms with E-state index in [1.54, 1.807) is 17.5 Å². The molecule has 15 heavy (non-hydrogen) atoms. The minimum absolute atomic E-state index is 0.342. The minimum atomic E-state index is -0.492. The van der Waals surface area contributed by atoms with Crippen molar-refractivity contribution in [2.24, 2.45) is 0 Å². The van der Waals surface area contributed by atoms with Crippen LogP contribution < -0.4 is 5.32 Å². The first-order valence-electron chi connectivity index (χ1n) is 4.67. The number of carbonyl (C=O) groups excluding carboxylic acids is 1. The summed E-state index contributed by atoms with van der Waals surface area (Å²) in [4.78, 5) is 15.2. The number of fused-ring (bicyclic) bond motifs is 1. The quantitative estimate of drug-likeness (QED) is 0.814. The smallest absolute Gasteiger partial charge is 0.413 e. The van der Waals surface area contributed by atoms with E-state index in [0.29, 0.717) is 12.6 Å². The van der Waals surface area contributed by atoms with Crippen LogP contribution in [0, 0.1) is 0 Å². The van der Waals surface area contributed by atoms with Gasteiger partial charge in [0.2, 0.25) is 5.95 Å². The minimum Gasteiger partial charge on any atom is -0.450 e. The van der Waals surface area contributed by atoms with Gasteiger partial charge in [-0.25, -0.2) is 9.78 Å². The molecule has 2 rings (SSSR count). The summed E-state index contributed by atoms with van der Waals surface area (Å²) >= 11 is 0. The van der Waals surface area contributed by atoms with Gasteiger partial charge >= 0.3 is 6.09 Å². The molecule has 0 atom stereocenters. The molecule has 0 aliphatic heterocycles. The molecule has 0 saturated carbocycles. The van der Waals surface area contributed by atoms with Crippen LogP contribution in [0.25, 0.3) is 5.52 Å². The van der Waals surface area contributed by atoms with Crippen molar-refractivity contribution in [2.75, 3.05) is 11.9 Å². The van der Waals surface area contributed by atoms with Crippen molar-refractivity contribution in [1.29, 1.82) is 0 Å². The first kappa shape index (κ1) is 9.51. The number of nitrogens with zero attached hydrogens (tertiary/aromatic N) is 2. The Morgan fingerprint density at radius 1 is 1.60 bits per heavy atom. The Morgan fingerprint density at radius 2 is 2.47 bits per heavy atom. The molecule has 0 saturated heterocycles. The van der Waals surface area contributed by atoms with Crippen LogP contribution in [0.4, 0.5) is 10.7 Å². The molecule has 0 aliphatic rings. The molecule has 5 heteroatoms. The fourth-order valence-electron chi connectivity index (χ4n) is 1.29. The zero-order valence-corrected chi connectivity index (χ0v) is 8.30. The van der Waals surface area contributed by atoms with Crippen molar-refractivity contribution in [2.45, 2.75) is 6.92 Å². The lowest BCUT2D eigenvalue weighted by Gasteiger charge is -2.03. The van der Waals surface area contributed by atoms with E-state index in [9.17, 15) is 4.79 Å². The maximum atomic E-state index is 11.2. The van der Waals surface area contributed by atoms with Crippen LogP contribution in [0.2, 0.25) is 0 Å². The number of ether oxygens (including phenoxy) is 1. The lowest BCUT2D eigenvalue weighted by Crippen LogP contribution is -2.15. The maximum Gasteiger partial charge on any atom is 0.413 e. The van der Waals surface area contributed by atoms with Crippen LogP contribution in [0.3, 0.4) is 0 Å². The average molecular weight is 205 g/mol. The summed E-state index contributed by atoms with van der Waals surface area (Å²) < 4.78 is 6.54. The van der Waals surface area contributed by atoms with Crippen LogP contribution >= 0.6 is 0 Å². The van der Waals surface area contributed by atoms with Gasteiger partial charge in [-0.2, -0.15) is 0 Å². The fraction of sp³-hybridized carbons (Fsp3) is 0.200. The molecular formula is C10H11N3O2. The highest BCUT2D eigenvalue weighted by Gasteiger charge is 2.06. The molecule has 0 bridgehead atoms. The van der Waals surface area contributed by atoms with Gasteiger partial charge in [-0.15, -0.1) is 0 Å². The molecular weight excluding hydrogens is 194 g/mol. The zero-order valence-electron chi connectivity index (χ0n) is 8.30. The molecule has 2 heterocycles. The molecule has 2 aromatic rings. The third-order valence-corrected chi connectivity index (χ3v) is 1.93. The summed E-state index contributed by atoms with van der Waals surface area (Å²) in [6, 6.07) is 5.68. The van der Waals surface area contributed by atoms with Crippen molar-refractivity contribution in [3.8, 4) is 0 Å². The van der Waals surface area contributed by atoms with E-state index in [1.165, 1.54) is 0 Å². The Kier molecular flexibility index (Phi) is 2.53. The third kappa shape index (κ3) is 1.90. The molecule has 5 nitrogen and oxygen atoms in total. The van der Waals surface area contributed by atoms with Gasteiger partial charge in [0.25, 0.3) is 0 Å². The summed E-state index contributed by atoms with van der Waals surface area (Å²) in [7, 11) is 0. The van der Waals surface area contributed by atoms with Crippen molar-refractivity contribution < 1.29 is 9.53 Å². The van der Waals surface area contributed by atoms with E-state index in [-0.39, 0.29) is 0 Å². The molecule has 1 amide bonds. The Bertz CT molecular complexity index is 478. The van der Waals surface area contributed by atoms with Gasteiger partial charge in [0.05, 0.1) is 18.3 Å². The summed E-state index contributed by atoms with van der Waals surface area (Å²) in [5.41, 5.74) is 0.921. The van der Waals surface area contributed by atoms with Gasteiger partial charge in [-0.05, 0) is 19.1 Å². The number of imidazole rings is 1. The molecule has 0 radical (unpaired) electrons. The normalized spacial score (nSPS) is 10.2. The number of carbonyl (C=O) groups is 1. The molecule has 2 aromatic heterocycles. The Balaban J connectivity index is 2.25. The number of hydrogen-bond acceptors (Lipinski definition) is 3. The number of pyridine rings is 1. The number of hydrogen-bond donors (Lipinski definition) is 1. The number of rotatable bonds is 2. The number of aromatic nitrogens is 2. The summed E-state index contributed by atoms with van der Waals surface area (Å²) in [6.45, 7) is 2.10. The highest BCUT2D eigenvalue weighted by molar-refractivity contribution is 5.83. The van der Waals surface area contributed by atoms with Crippen molar-refractivity contribution in [1.82, 2.24) is 9.38 Å². The molecule has 0 aliphatic carbocycles. The number of nitrogens with one attached hydrogen (secondary N) is 1. The van der Waals surface area contributed by atoms with Crippen LogP contribution in [-0.2, 0) is 4.74 Å². The zero-order chi connectivity index (χ0) is 10.7. The summed E-state index contributed by atoms with van der Waals surface area (Å²) in [6.07, 6.45) is 3.01. The maximum absolute atomic E-state index is 11.2. The van der Waals surface area contributed by atoms with E-state index in [1.807, 2.05) is 24.4 Å². The van der Waals surface area contributed by atoms with Gasteiger partial charge < -0.3 is 4.74 Å². The van der Waals surface area contributed by atoms with Crippen LogP contribution in [-0.4, -0.2) is 22.1 Å². The topological polar surface area (TPSA) is 55.6 Å². The molecule has 0 unspecified atom stereocenters. The highest BCUT2D eigenvalue weighted by Crippen LogP contribution is 2.10. The number of amides is 1. The summed E-state index contributed by atoms with van der Waals surface area (Å²) in [5.74, 6) is 0.462. The van der Waals surface area contributed by atoms with Crippen molar-refractivity contribution in [3.05, 3.63) is 30.6 Å². The van der Waals surface area contributed by atoms with Crippen molar-refractivity contribution in [3.63, 3.8) is 0 Å². The first-order valence-corrected chi connectivity index (χ1v) is 4.67. The second-order valence-electron chi connectivity index (χ2n) is 2.92. The van der Waals surface area contributed by atoms with Crippen LogP contribution in [0.5, 0.6) is 0 Å². The Hall–Kier alpha value is -2.04. The molecule has 0 fully saturated rings. The van der Waals surface area contributed by atoms with E-state index in [0.717, 1.165) is 5.52 Å². The lowest BCUT2D eigenvalue weighted by molar-refractivity contribution is 0.167. The van der Waals surface area contributed by atoms with Gasteiger partial charge in [0, 0.05) is 6.20 Å². The standard InChI is InChI=1S/C10H11N3O2/c1-2-15-10(14)12-9-11-7-8-5-3-4-6-13(8)9/h3-7H,2H2,1H3,(H,11,12,14). The van der Waals surface area contributed by atoms with E-state index < -0.39 is 6.09 Å². The predicted molar refractivity (Wildman–Crippen MR) is 55.8 cm³/mol. The summed E-state index contributed by atoms with van der Waals surface area (Å²) in [5, 5.41) is 2.56. The predicted octanol–water partition coefficient (Wildman–Crippen LogP) is 1.90. The molecule has 78 valence electrons. The second-order valence-corrected chi connectivity index (χ2v) is 2.92. The van der Waals surface area contributed by atoms with Crippen LogP contribution in [0.15, 0.2) is 30.6 Å². The third-order valence-electron chi connectivity index (χ3n) is 1.93. The van der Waals surface area contributed by atoms with Gasteiger partial charge in [0.1, 0.15) is 0 Å². The molecule has 1 N–H and O–H groups in total.